The zero-order chi connectivity index (χ0) is 13.0. The van der Waals surface area contributed by atoms with Gasteiger partial charge < -0.3 is 10.2 Å². The Hall–Kier alpha value is -0.860. The van der Waals surface area contributed by atoms with Crippen molar-refractivity contribution < 1.29 is 0 Å². The predicted octanol–water partition coefficient (Wildman–Crippen LogP) is 2.61. The van der Waals surface area contributed by atoms with Gasteiger partial charge in [0.15, 0.2) is 0 Å². The Kier molecular flexibility index (Phi) is 4.79. The Bertz CT molecular complexity index is 375. The zero-order valence-electron chi connectivity index (χ0n) is 11.9. The van der Waals surface area contributed by atoms with Crippen LogP contribution in [0.4, 0.5) is 0 Å². The molecule has 1 N–H and O–H groups in total. The summed E-state index contributed by atoms with van der Waals surface area (Å²) in [6.07, 6.45) is 3.71. The van der Waals surface area contributed by atoms with E-state index in [1.165, 1.54) is 30.5 Å². The summed E-state index contributed by atoms with van der Waals surface area (Å²) >= 11 is 0. The fourth-order valence-corrected chi connectivity index (χ4v) is 2.76. The monoisotopic (exact) mass is 246 g/mol. The zero-order valence-corrected chi connectivity index (χ0v) is 11.9. The lowest BCUT2D eigenvalue weighted by Crippen LogP contribution is -2.46. The van der Waals surface area contributed by atoms with Gasteiger partial charge in [-0.2, -0.15) is 0 Å². The van der Waals surface area contributed by atoms with Crippen LogP contribution in [-0.2, 0) is 6.42 Å². The SMILES string of the molecule is Cc1cccc(CCNC2CCN(C)C(C)C2)c1. The molecule has 0 radical (unpaired) electrons. The third kappa shape index (κ3) is 3.82. The summed E-state index contributed by atoms with van der Waals surface area (Å²) in [6.45, 7) is 6.82. The Morgan fingerprint density at radius 2 is 2.22 bits per heavy atom. The average Bonchev–Trinajstić information content (AvgIpc) is 2.34. The summed E-state index contributed by atoms with van der Waals surface area (Å²) in [7, 11) is 2.23. The summed E-state index contributed by atoms with van der Waals surface area (Å²) < 4.78 is 0. The average molecular weight is 246 g/mol. The molecule has 0 aliphatic carbocycles. The maximum absolute atomic E-state index is 3.71. The van der Waals surface area contributed by atoms with Crippen molar-refractivity contribution in [1.29, 1.82) is 0 Å². The Morgan fingerprint density at radius 3 is 2.94 bits per heavy atom. The van der Waals surface area contributed by atoms with Crippen molar-refractivity contribution in [2.75, 3.05) is 20.1 Å². The van der Waals surface area contributed by atoms with E-state index in [0.29, 0.717) is 6.04 Å². The number of piperidine rings is 1. The van der Waals surface area contributed by atoms with Crippen LogP contribution in [0, 0.1) is 6.92 Å². The van der Waals surface area contributed by atoms with Gasteiger partial charge >= 0.3 is 0 Å². The number of nitrogens with zero attached hydrogens (tertiary/aromatic N) is 1. The highest BCUT2D eigenvalue weighted by Gasteiger charge is 2.21. The first-order chi connectivity index (χ1) is 8.65. The standard InChI is InChI=1S/C16H26N2/c1-13-5-4-6-15(11-13)7-9-17-16-8-10-18(3)14(2)12-16/h4-6,11,14,16-17H,7-10,12H2,1-3H3. The first-order valence-electron chi connectivity index (χ1n) is 7.14. The van der Waals surface area contributed by atoms with Gasteiger partial charge in [0, 0.05) is 12.1 Å². The Labute approximate surface area is 111 Å². The maximum Gasteiger partial charge on any atom is 0.00941 e. The number of benzene rings is 1. The Morgan fingerprint density at radius 1 is 1.39 bits per heavy atom. The lowest BCUT2D eigenvalue weighted by atomic mass is 9.98. The molecule has 1 aliphatic rings. The van der Waals surface area contributed by atoms with E-state index in [0.717, 1.165) is 19.0 Å². The van der Waals surface area contributed by atoms with E-state index in [1.807, 2.05) is 0 Å². The molecule has 1 aliphatic heterocycles. The number of rotatable bonds is 4. The van der Waals surface area contributed by atoms with E-state index in [-0.39, 0.29) is 0 Å². The van der Waals surface area contributed by atoms with Gasteiger partial charge in [-0.25, -0.2) is 0 Å². The largest absolute Gasteiger partial charge is 0.314 e. The van der Waals surface area contributed by atoms with E-state index in [4.69, 9.17) is 0 Å². The molecule has 0 aromatic heterocycles. The molecule has 1 aromatic rings. The fraction of sp³-hybridized carbons (Fsp3) is 0.625. The summed E-state index contributed by atoms with van der Waals surface area (Å²) in [4.78, 5) is 2.46. The lowest BCUT2D eigenvalue weighted by molar-refractivity contribution is 0.169. The van der Waals surface area contributed by atoms with Gasteiger partial charge in [0.25, 0.3) is 0 Å². The first kappa shape index (κ1) is 13.6. The van der Waals surface area contributed by atoms with Gasteiger partial charge in [0.05, 0.1) is 0 Å². The second-order valence-corrected chi connectivity index (χ2v) is 5.74. The van der Waals surface area contributed by atoms with Gasteiger partial charge in [0.1, 0.15) is 0 Å². The van der Waals surface area contributed by atoms with E-state index >= 15 is 0 Å². The number of nitrogens with one attached hydrogen (secondary N) is 1. The topological polar surface area (TPSA) is 15.3 Å². The third-order valence-electron chi connectivity index (χ3n) is 4.14. The van der Waals surface area contributed by atoms with Crippen LogP contribution >= 0.6 is 0 Å². The van der Waals surface area contributed by atoms with Gasteiger partial charge in [0.2, 0.25) is 0 Å². The molecule has 2 atom stereocenters. The molecule has 2 nitrogen and oxygen atoms in total. The van der Waals surface area contributed by atoms with Gasteiger partial charge in [-0.15, -0.1) is 0 Å². The first-order valence-corrected chi connectivity index (χ1v) is 7.14. The predicted molar refractivity (Wildman–Crippen MR) is 78.0 cm³/mol. The summed E-state index contributed by atoms with van der Waals surface area (Å²) in [5.41, 5.74) is 2.81. The van der Waals surface area contributed by atoms with Crippen molar-refractivity contribution >= 4 is 0 Å². The van der Waals surface area contributed by atoms with Crippen LogP contribution in [0.15, 0.2) is 24.3 Å². The number of hydrogen-bond donors (Lipinski definition) is 1. The van der Waals surface area contributed by atoms with Crippen LogP contribution in [0.25, 0.3) is 0 Å². The highest BCUT2D eigenvalue weighted by Crippen LogP contribution is 2.15. The minimum atomic E-state index is 0.709. The van der Waals surface area contributed by atoms with Crippen molar-refractivity contribution in [1.82, 2.24) is 10.2 Å². The minimum Gasteiger partial charge on any atom is -0.314 e. The molecule has 0 bridgehead atoms. The van der Waals surface area contributed by atoms with Crippen LogP contribution in [0.1, 0.15) is 30.9 Å². The third-order valence-corrected chi connectivity index (χ3v) is 4.14. The van der Waals surface area contributed by atoms with Crippen molar-refractivity contribution in [3.05, 3.63) is 35.4 Å². The van der Waals surface area contributed by atoms with Gasteiger partial charge in [-0.05, 0) is 58.8 Å². The normalized spacial score (nSPS) is 25.3. The molecular weight excluding hydrogens is 220 g/mol. The van der Waals surface area contributed by atoms with Crippen LogP contribution in [-0.4, -0.2) is 37.1 Å². The molecule has 0 amide bonds. The molecule has 2 rings (SSSR count). The molecule has 1 heterocycles. The quantitative estimate of drug-likeness (QED) is 0.878. The minimum absolute atomic E-state index is 0.709. The molecule has 100 valence electrons. The number of hydrogen-bond acceptors (Lipinski definition) is 2. The summed E-state index contributed by atoms with van der Waals surface area (Å²) in [5.74, 6) is 0. The molecule has 1 fully saturated rings. The van der Waals surface area contributed by atoms with E-state index < -0.39 is 0 Å². The number of likely N-dealkylation sites (tertiary alicyclic amines) is 1. The molecule has 0 spiro atoms. The highest BCUT2D eigenvalue weighted by atomic mass is 15.1. The lowest BCUT2D eigenvalue weighted by Gasteiger charge is -2.35. The van der Waals surface area contributed by atoms with Crippen molar-refractivity contribution in [3.63, 3.8) is 0 Å². The van der Waals surface area contributed by atoms with Gasteiger partial charge in [-0.1, -0.05) is 29.8 Å². The molecule has 2 unspecified atom stereocenters. The van der Waals surface area contributed by atoms with Crippen LogP contribution in [0.2, 0.25) is 0 Å². The van der Waals surface area contributed by atoms with Crippen LogP contribution < -0.4 is 5.32 Å². The van der Waals surface area contributed by atoms with Crippen molar-refractivity contribution in [3.8, 4) is 0 Å². The van der Waals surface area contributed by atoms with Gasteiger partial charge in [-0.3, -0.25) is 0 Å². The molecule has 2 heteroatoms. The van der Waals surface area contributed by atoms with E-state index in [1.54, 1.807) is 0 Å². The Balaban J connectivity index is 1.72. The second kappa shape index (κ2) is 6.35. The molecule has 1 aromatic carbocycles. The molecule has 18 heavy (non-hydrogen) atoms. The van der Waals surface area contributed by atoms with E-state index in [9.17, 15) is 0 Å². The maximum atomic E-state index is 3.71. The van der Waals surface area contributed by atoms with E-state index in [2.05, 4.69) is 55.4 Å². The summed E-state index contributed by atoms with van der Waals surface area (Å²) in [6, 6.07) is 10.3. The number of aryl methyl sites for hydroxylation is 1. The smallest absolute Gasteiger partial charge is 0.00941 e. The second-order valence-electron chi connectivity index (χ2n) is 5.74. The van der Waals surface area contributed by atoms with Crippen LogP contribution in [0.3, 0.4) is 0 Å². The molecular formula is C16H26N2. The highest BCUT2D eigenvalue weighted by molar-refractivity contribution is 5.22. The summed E-state index contributed by atoms with van der Waals surface area (Å²) in [5, 5.41) is 3.71. The van der Waals surface area contributed by atoms with Crippen LogP contribution in [0.5, 0.6) is 0 Å². The van der Waals surface area contributed by atoms with Crippen molar-refractivity contribution in [2.45, 2.75) is 45.2 Å². The van der Waals surface area contributed by atoms with Crippen molar-refractivity contribution in [2.24, 2.45) is 0 Å². The fourth-order valence-electron chi connectivity index (χ4n) is 2.76. The molecule has 0 saturated carbocycles. The molecule has 1 saturated heterocycles.